The Balaban J connectivity index is 1.88. The first kappa shape index (κ1) is 15.5. The van der Waals surface area contributed by atoms with E-state index in [0.29, 0.717) is 0 Å². The van der Waals surface area contributed by atoms with E-state index in [9.17, 15) is 29.4 Å². The smallest absolute Gasteiger partial charge is 0.326 e. The lowest BCUT2D eigenvalue weighted by atomic mass is 9.77. The van der Waals surface area contributed by atoms with Gasteiger partial charge in [-0.3, -0.25) is 14.4 Å². The molecule has 3 N–H and O–H groups in total. The van der Waals surface area contributed by atoms with Crippen LogP contribution < -0.4 is 0 Å². The van der Waals surface area contributed by atoms with Crippen molar-refractivity contribution in [1.29, 1.82) is 0 Å². The van der Waals surface area contributed by atoms with Crippen molar-refractivity contribution >= 4 is 23.8 Å². The van der Waals surface area contributed by atoms with Gasteiger partial charge in [-0.05, 0) is 6.42 Å². The standard InChI is InChI=1S/C14H15NO8/c16-8(17)2-1-6(12(19)20)15-5-14-4-3-7(23-14)9(13(21)22)10(14)11(15)18/h3-4,6-7,9-10H,1-2,5H2,(H,16,17)(H,19,20)(H,21,22). The van der Waals surface area contributed by atoms with E-state index in [4.69, 9.17) is 9.84 Å². The molecule has 23 heavy (non-hydrogen) atoms. The largest absolute Gasteiger partial charge is 0.481 e. The van der Waals surface area contributed by atoms with Gasteiger partial charge in [-0.15, -0.1) is 0 Å². The van der Waals surface area contributed by atoms with Gasteiger partial charge in [-0.2, -0.15) is 0 Å². The predicted molar refractivity (Wildman–Crippen MR) is 71.4 cm³/mol. The summed E-state index contributed by atoms with van der Waals surface area (Å²) in [7, 11) is 0. The zero-order valence-electron chi connectivity index (χ0n) is 11.9. The molecule has 0 saturated carbocycles. The third-order valence-corrected chi connectivity index (χ3v) is 4.71. The number of fused-ring (bicyclic) bond motifs is 1. The molecule has 1 amide bonds. The maximum absolute atomic E-state index is 12.6. The number of ether oxygens (including phenoxy) is 1. The van der Waals surface area contributed by atoms with Gasteiger partial charge in [0.1, 0.15) is 17.6 Å². The Morgan fingerprint density at radius 3 is 2.61 bits per heavy atom. The van der Waals surface area contributed by atoms with Gasteiger partial charge in [0.2, 0.25) is 5.91 Å². The Morgan fingerprint density at radius 1 is 1.35 bits per heavy atom. The number of carbonyl (C=O) groups is 4. The number of hydrogen-bond donors (Lipinski definition) is 3. The van der Waals surface area contributed by atoms with Crippen molar-refractivity contribution in [3.05, 3.63) is 12.2 Å². The summed E-state index contributed by atoms with van der Waals surface area (Å²) in [6.45, 7) is -0.0795. The van der Waals surface area contributed by atoms with Crippen LogP contribution in [0.2, 0.25) is 0 Å². The minimum Gasteiger partial charge on any atom is -0.481 e. The predicted octanol–water partition coefficient (Wildman–Crippen LogP) is -0.829. The first-order valence-electron chi connectivity index (χ1n) is 7.12. The number of nitrogens with zero attached hydrogens (tertiary/aromatic N) is 1. The Kier molecular flexibility index (Phi) is 3.40. The molecule has 124 valence electrons. The van der Waals surface area contributed by atoms with Gasteiger partial charge in [0, 0.05) is 6.42 Å². The molecule has 1 spiro atoms. The normalized spacial score (nSPS) is 35.4. The highest BCUT2D eigenvalue weighted by Crippen LogP contribution is 2.52. The first-order valence-corrected chi connectivity index (χ1v) is 7.12. The molecular weight excluding hydrogens is 310 g/mol. The number of carbonyl (C=O) groups excluding carboxylic acids is 1. The second-order valence-electron chi connectivity index (χ2n) is 5.99. The highest BCUT2D eigenvalue weighted by atomic mass is 16.5. The average Bonchev–Trinajstić information content (AvgIpc) is 3.07. The Hall–Kier alpha value is -2.42. The van der Waals surface area contributed by atoms with E-state index in [1.54, 1.807) is 12.2 Å². The Labute approximate surface area is 130 Å². The molecule has 3 rings (SSSR count). The minimum absolute atomic E-state index is 0.0795. The highest BCUT2D eigenvalue weighted by molar-refractivity contribution is 5.93. The van der Waals surface area contributed by atoms with Crippen molar-refractivity contribution < 1.29 is 39.2 Å². The van der Waals surface area contributed by atoms with Gasteiger partial charge < -0.3 is 25.0 Å². The molecule has 3 aliphatic rings. The van der Waals surface area contributed by atoms with Gasteiger partial charge in [-0.1, -0.05) is 12.2 Å². The van der Waals surface area contributed by atoms with Gasteiger partial charge in [0.05, 0.1) is 18.6 Å². The first-order chi connectivity index (χ1) is 10.8. The van der Waals surface area contributed by atoms with Gasteiger partial charge in [0.15, 0.2) is 0 Å². The SMILES string of the molecule is O=C(O)CCC(C(=O)O)N1CC23C=CC(O2)C(C(=O)O)C3C1=O. The summed E-state index contributed by atoms with van der Waals surface area (Å²) in [5, 5.41) is 27.4. The monoisotopic (exact) mass is 325 g/mol. The van der Waals surface area contributed by atoms with E-state index in [1.807, 2.05) is 0 Å². The van der Waals surface area contributed by atoms with Crippen LogP contribution in [0.5, 0.6) is 0 Å². The van der Waals surface area contributed by atoms with Crippen LogP contribution in [0.3, 0.4) is 0 Å². The Bertz CT molecular complexity index is 628. The molecule has 0 aromatic rings. The van der Waals surface area contributed by atoms with Crippen LogP contribution in [0, 0.1) is 11.8 Å². The molecule has 5 unspecified atom stereocenters. The van der Waals surface area contributed by atoms with E-state index in [1.165, 1.54) is 0 Å². The van der Waals surface area contributed by atoms with E-state index >= 15 is 0 Å². The number of amides is 1. The van der Waals surface area contributed by atoms with E-state index < -0.39 is 59.8 Å². The van der Waals surface area contributed by atoms with Crippen molar-refractivity contribution in [2.75, 3.05) is 6.54 Å². The quantitative estimate of drug-likeness (QED) is 0.537. The zero-order chi connectivity index (χ0) is 16.9. The minimum atomic E-state index is -1.32. The molecule has 0 radical (unpaired) electrons. The molecule has 9 nitrogen and oxygen atoms in total. The average molecular weight is 325 g/mol. The fourth-order valence-corrected chi connectivity index (χ4v) is 3.75. The third kappa shape index (κ3) is 2.19. The van der Waals surface area contributed by atoms with E-state index in [-0.39, 0.29) is 13.0 Å². The third-order valence-electron chi connectivity index (χ3n) is 4.71. The summed E-state index contributed by atoms with van der Waals surface area (Å²) >= 11 is 0. The fraction of sp³-hybridized carbons (Fsp3) is 0.571. The molecule has 3 aliphatic heterocycles. The molecule has 2 saturated heterocycles. The number of hydrogen-bond acceptors (Lipinski definition) is 5. The maximum Gasteiger partial charge on any atom is 0.326 e. The van der Waals surface area contributed by atoms with Crippen LogP contribution in [0.25, 0.3) is 0 Å². The van der Waals surface area contributed by atoms with E-state index in [2.05, 4.69) is 0 Å². The number of carboxylic acids is 3. The van der Waals surface area contributed by atoms with Crippen LogP contribution in [-0.2, 0) is 23.9 Å². The number of rotatable bonds is 6. The molecule has 0 aliphatic carbocycles. The molecule has 0 aromatic heterocycles. The molecule has 2 bridgehead atoms. The van der Waals surface area contributed by atoms with E-state index in [0.717, 1.165) is 4.90 Å². The molecule has 9 heteroatoms. The lowest BCUT2D eigenvalue weighted by molar-refractivity contribution is -0.153. The van der Waals surface area contributed by atoms with Crippen molar-refractivity contribution in [3.63, 3.8) is 0 Å². The van der Waals surface area contributed by atoms with Crippen molar-refractivity contribution in [2.24, 2.45) is 11.8 Å². The van der Waals surface area contributed by atoms with Crippen LogP contribution in [0.1, 0.15) is 12.8 Å². The number of aliphatic carboxylic acids is 3. The summed E-state index contributed by atoms with van der Waals surface area (Å²) in [5.74, 6) is -6.28. The van der Waals surface area contributed by atoms with Crippen molar-refractivity contribution in [2.45, 2.75) is 30.6 Å². The van der Waals surface area contributed by atoms with Gasteiger partial charge in [-0.25, -0.2) is 4.79 Å². The van der Waals surface area contributed by atoms with Gasteiger partial charge in [0.25, 0.3) is 0 Å². The molecule has 5 atom stereocenters. The summed E-state index contributed by atoms with van der Waals surface area (Å²) < 4.78 is 5.65. The lowest BCUT2D eigenvalue weighted by Gasteiger charge is -2.26. The highest BCUT2D eigenvalue weighted by Gasteiger charge is 2.68. The fourth-order valence-electron chi connectivity index (χ4n) is 3.75. The second-order valence-corrected chi connectivity index (χ2v) is 5.99. The van der Waals surface area contributed by atoms with Crippen LogP contribution in [-0.4, -0.2) is 68.3 Å². The molecule has 0 aromatic carbocycles. The van der Waals surface area contributed by atoms with Crippen LogP contribution in [0.4, 0.5) is 0 Å². The second kappa shape index (κ2) is 5.05. The van der Waals surface area contributed by atoms with Crippen molar-refractivity contribution in [3.8, 4) is 0 Å². The maximum atomic E-state index is 12.6. The summed E-state index contributed by atoms with van der Waals surface area (Å²) in [4.78, 5) is 47.2. The van der Waals surface area contributed by atoms with Crippen molar-refractivity contribution in [1.82, 2.24) is 4.90 Å². The summed E-state index contributed by atoms with van der Waals surface area (Å²) in [5.41, 5.74) is -1.12. The van der Waals surface area contributed by atoms with Gasteiger partial charge >= 0.3 is 17.9 Å². The molecule has 3 heterocycles. The summed E-state index contributed by atoms with van der Waals surface area (Å²) in [6.07, 6.45) is 1.87. The number of likely N-dealkylation sites (tertiary alicyclic amines) is 1. The topological polar surface area (TPSA) is 141 Å². The van der Waals surface area contributed by atoms with Crippen LogP contribution >= 0.6 is 0 Å². The summed E-state index contributed by atoms with van der Waals surface area (Å²) in [6, 6.07) is -1.32. The zero-order valence-corrected chi connectivity index (χ0v) is 11.9. The van der Waals surface area contributed by atoms with Crippen LogP contribution in [0.15, 0.2) is 12.2 Å². The lowest BCUT2D eigenvalue weighted by Crippen LogP contribution is -2.45. The molecular formula is C14H15NO8. The number of carboxylic acid groups (broad SMARTS) is 3. The molecule has 2 fully saturated rings. The Morgan fingerprint density at radius 2 is 2.04 bits per heavy atom.